The second-order valence-electron chi connectivity index (χ2n) is 15.9. The van der Waals surface area contributed by atoms with E-state index in [1.54, 1.807) is 33.8 Å². The Morgan fingerprint density at radius 3 is 2.35 bits per heavy atom. The first-order chi connectivity index (χ1) is 24.3. The number of aliphatic carboxylic acids is 1. The number of ether oxygens (including phenoxy) is 1. The standard InChI is InChI=1S/C38H52N6O7/c1-25(51-21-27-12-8-5-9-13-27)32(34(48)39-15-14-31(45)46)41-33(47)30-20-42(22-38(30)23-43(24-38)36(50)29-16-37(29,2)3)35(49)28-17-40-44(19-28)18-26-10-6-4-7-11-26/h4,6-7,10-11,17,19,25,27,29-30,32H,5,8-9,12-16,18,20-24H2,1-3H3,(H,39,48)(H,41,47)(H,45,46)/t25-,29-,30+,32+/m1/s1. The summed E-state index contributed by atoms with van der Waals surface area (Å²) in [5.41, 5.74) is 0.747. The van der Waals surface area contributed by atoms with Crippen LogP contribution < -0.4 is 10.6 Å². The summed E-state index contributed by atoms with van der Waals surface area (Å²) in [6, 6.07) is 8.75. The lowest BCUT2D eigenvalue weighted by Gasteiger charge is -2.50. The molecule has 51 heavy (non-hydrogen) atoms. The molecule has 2 aromatic rings. The number of hydrogen-bond donors (Lipinski definition) is 3. The molecule has 13 nitrogen and oxygen atoms in total. The Kier molecular flexibility index (Phi) is 10.9. The molecular weight excluding hydrogens is 652 g/mol. The van der Waals surface area contributed by atoms with Crippen LogP contribution in [0.4, 0.5) is 0 Å². The van der Waals surface area contributed by atoms with Crippen LogP contribution in [-0.4, -0.2) is 106 Å². The second kappa shape index (κ2) is 15.1. The minimum Gasteiger partial charge on any atom is -0.481 e. The van der Waals surface area contributed by atoms with E-state index < -0.39 is 41.3 Å². The van der Waals surface area contributed by atoms with Crippen molar-refractivity contribution in [3.8, 4) is 0 Å². The van der Waals surface area contributed by atoms with Gasteiger partial charge < -0.3 is 30.3 Å². The molecule has 13 heteroatoms. The fraction of sp³-hybridized carbons (Fsp3) is 0.632. The summed E-state index contributed by atoms with van der Waals surface area (Å²) >= 11 is 0. The van der Waals surface area contributed by atoms with Crippen molar-refractivity contribution in [1.29, 1.82) is 0 Å². The molecule has 1 aromatic carbocycles. The van der Waals surface area contributed by atoms with Gasteiger partial charge in [-0.2, -0.15) is 5.10 Å². The molecule has 4 atom stereocenters. The topological polar surface area (TPSA) is 163 Å². The number of carboxylic acids is 1. The molecular formula is C38H52N6O7. The number of rotatable bonds is 14. The van der Waals surface area contributed by atoms with Gasteiger partial charge in [-0.05, 0) is 43.1 Å². The number of carboxylic acid groups (broad SMARTS) is 1. The summed E-state index contributed by atoms with van der Waals surface area (Å²) in [5.74, 6) is -2.46. The van der Waals surface area contributed by atoms with Crippen LogP contribution in [0.15, 0.2) is 42.7 Å². The molecule has 1 aromatic heterocycles. The van der Waals surface area contributed by atoms with E-state index >= 15 is 0 Å². The average molecular weight is 705 g/mol. The van der Waals surface area contributed by atoms with Crippen LogP contribution in [0.25, 0.3) is 0 Å². The van der Waals surface area contributed by atoms with Crippen LogP contribution in [0.5, 0.6) is 0 Å². The monoisotopic (exact) mass is 704 g/mol. The molecule has 2 saturated heterocycles. The van der Waals surface area contributed by atoms with E-state index in [-0.39, 0.29) is 49.2 Å². The minimum absolute atomic E-state index is 0.0385. The summed E-state index contributed by atoms with van der Waals surface area (Å²) in [7, 11) is 0. The quantitative estimate of drug-likeness (QED) is 0.271. The summed E-state index contributed by atoms with van der Waals surface area (Å²) in [5, 5.41) is 19.1. The fourth-order valence-corrected chi connectivity index (χ4v) is 8.09. The molecule has 4 fully saturated rings. The van der Waals surface area contributed by atoms with Gasteiger partial charge in [0.25, 0.3) is 5.91 Å². The zero-order valence-corrected chi connectivity index (χ0v) is 30.0. The van der Waals surface area contributed by atoms with Crippen molar-refractivity contribution in [2.75, 3.05) is 39.3 Å². The molecule has 2 saturated carbocycles. The van der Waals surface area contributed by atoms with Crippen LogP contribution in [0.1, 0.15) is 81.6 Å². The van der Waals surface area contributed by atoms with Crippen molar-refractivity contribution < 1.29 is 33.8 Å². The Balaban J connectivity index is 1.18. The van der Waals surface area contributed by atoms with E-state index in [2.05, 4.69) is 29.6 Å². The maximum atomic E-state index is 14.3. The van der Waals surface area contributed by atoms with Gasteiger partial charge in [0.15, 0.2) is 0 Å². The first-order valence-corrected chi connectivity index (χ1v) is 18.4. The van der Waals surface area contributed by atoms with Crippen LogP contribution in [0.3, 0.4) is 0 Å². The number of amides is 4. The molecule has 3 heterocycles. The van der Waals surface area contributed by atoms with Gasteiger partial charge >= 0.3 is 5.97 Å². The van der Waals surface area contributed by atoms with E-state index in [1.807, 2.05) is 30.3 Å². The van der Waals surface area contributed by atoms with E-state index in [0.29, 0.717) is 37.7 Å². The largest absolute Gasteiger partial charge is 0.481 e. The third kappa shape index (κ3) is 8.45. The number of likely N-dealkylation sites (tertiary alicyclic amines) is 2. The third-order valence-corrected chi connectivity index (χ3v) is 11.5. The molecule has 276 valence electrons. The normalized spacial score (nSPS) is 23.3. The lowest BCUT2D eigenvalue weighted by atomic mass is 9.70. The molecule has 0 unspecified atom stereocenters. The van der Waals surface area contributed by atoms with Gasteiger partial charge in [0.05, 0.1) is 36.7 Å². The number of nitrogens with one attached hydrogen (secondary N) is 2. The van der Waals surface area contributed by atoms with E-state index in [4.69, 9.17) is 9.84 Å². The molecule has 2 aliphatic carbocycles. The van der Waals surface area contributed by atoms with Crippen molar-refractivity contribution in [1.82, 2.24) is 30.2 Å². The molecule has 4 amide bonds. The highest BCUT2D eigenvalue weighted by Crippen LogP contribution is 2.54. The number of carbonyl (C=O) groups is 5. The molecule has 2 aliphatic heterocycles. The summed E-state index contributed by atoms with van der Waals surface area (Å²) in [4.78, 5) is 69.6. The lowest BCUT2D eigenvalue weighted by Crippen LogP contribution is -2.65. The molecule has 0 bridgehead atoms. The minimum atomic E-state index is -1.07. The first kappa shape index (κ1) is 36.5. The number of benzene rings is 1. The van der Waals surface area contributed by atoms with Gasteiger partial charge in [-0.1, -0.05) is 63.4 Å². The van der Waals surface area contributed by atoms with Crippen LogP contribution in [-0.2, 0) is 30.5 Å². The van der Waals surface area contributed by atoms with Gasteiger partial charge in [-0.15, -0.1) is 0 Å². The number of nitrogens with zero attached hydrogens (tertiary/aromatic N) is 4. The van der Waals surface area contributed by atoms with Gasteiger partial charge in [0.2, 0.25) is 17.7 Å². The van der Waals surface area contributed by atoms with Crippen molar-refractivity contribution in [3.05, 3.63) is 53.9 Å². The van der Waals surface area contributed by atoms with E-state index in [1.165, 1.54) is 6.42 Å². The van der Waals surface area contributed by atoms with Gasteiger partial charge in [-0.25, -0.2) is 0 Å². The molecule has 6 rings (SSSR count). The average Bonchev–Trinajstić information content (AvgIpc) is 3.40. The fourth-order valence-electron chi connectivity index (χ4n) is 8.09. The van der Waals surface area contributed by atoms with Gasteiger partial charge in [0.1, 0.15) is 6.04 Å². The lowest BCUT2D eigenvalue weighted by molar-refractivity contribution is -0.152. The molecule has 1 spiro atoms. The predicted molar refractivity (Wildman–Crippen MR) is 187 cm³/mol. The molecule has 4 aliphatic rings. The van der Waals surface area contributed by atoms with Crippen molar-refractivity contribution in [2.24, 2.45) is 28.6 Å². The summed E-state index contributed by atoms with van der Waals surface area (Å²) in [6.45, 7) is 7.89. The zero-order chi connectivity index (χ0) is 36.3. The Bertz CT molecular complexity index is 1600. The number of carbonyl (C=O) groups excluding carboxylic acids is 4. The number of aromatic nitrogens is 2. The predicted octanol–water partition coefficient (Wildman–Crippen LogP) is 2.94. The van der Waals surface area contributed by atoms with Crippen molar-refractivity contribution in [3.63, 3.8) is 0 Å². The first-order valence-electron chi connectivity index (χ1n) is 18.4. The maximum absolute atomic E-state index is 14.3. The smallest absolute Gasteiger partial charge is 0.305 e. The van der Waals surface area contributed by atoms with Crippen LogP contribution in [0, 0.1) is 28.6 Å². The third-order valence-electron chi connectivity index (χ3n) is 11.5. The van der Waals surface area contributed by atoms with Crippen LogP contribution >= 0.6 is 0 Å². The van der Waals surface area contributed by atoms with Gasteiger partial charge in [-0.3, -0.25) is 28.7 Å². The highest BCUT2D eigenvalue weighted by atomic mass is 16.5. The SMILES string of the molecule is C[C@@H](OCC1CCCCC1)[C@H](NC(=O)[C@@H]1CN(C(=O)c2cnn(Cc3ccccc3)c2)CC12CN(C(=O)[C@H]1CC1(C)C)C2)C(=O)NCCC(=O)O. The van der Waals surface area contributed by atoms with Gasteiger partial charge in [0, 0.05) is 56.9 Å². The maximum Gasteiger partial charge on any atom is 0.305 e. The Hall–Kier alpha value is -4.26. The second-order valence-corrected chi connectivity index (χ2v) is 15.9. The summed E-state index contributed by atoms with van der Waals surface area (Å²) in [6.07, 6.45) is 8.75. The van der Waals surface area contributed by atoms with Crippen molar-refractivity contribution >= 4 is 29.6 Å². The highest BCUT2D eigenvalue weighted by molar-refractivity contribution is 5.96. The summed E-state index contributed by atoms with van der Waals surface area (Å²) < 4.78 is 7.90. The zero-order valence-electron chi connectivity index (χ0n) is 30.0. The Morgan fingerprint density at radius 2 is 1.69 bits per heavy atom. The Morgan fingerprint density at radius 1 is 1.00 bits per heavy atom. The van der Waals surface area contributed by atoms with Crippen LogP contribution in [0.2, 0.25) is 0 Å². The number of hydrogen-bond acceptors (Lipinski definition) is 7. The van der Waals surface area contributed by atoms with E-state index in [9.17, 15) is 24.0 Å². The molecule has 0 radical (unpaired) electrons. The van der Waals surface area contributed by atoms with E-state index in [0.717, 1.165) is 37.7 Å². The Labute approximate surface area is 299 Å². The highest BCUT2D eigenvalue weighted by Gasteiger charge is 2.62. The molecule has 3 N–H and O–H groups in total. The van der Waals surface area contributed by atoms with Crippen molar-refractivity contribution in [2.45, 2.75) is 84.4 Å².